The molecule has 23 heavy (non-hydrogen) atoms. The Balaban J connectivity index is 2.19. The SMILES string of the molecule is Cc1cnc(C(=O)Nc2cc(Cl)ccc2OCC(F)(F)F)cn1. The smallest absolute Gasteiger partial charge is 0.422 e. The Morgan fingerprint density at radius 2 is 2.04 bits per heavy atom. The topological polar surface area (TPSA) is 64.1 Å². The summed E-state index contributed by atoms with van der Waals surface area (Å²) in [5.41, 5.74) is 0.643. The number of amides is 1. The maximum Gasteiger partial charge on any atom is 0.422 e. The summed E-state index contributed by atoms with van der Waals surface area (Å²) in [7, 11) is 0. The first-order valence-corrected chi connectivity index (χ1v) is 6.71. The summed E-state index contributed by atoms with van der Waals surface area (Å²) in [5.74, 6) is -0.795. The average Bonchev–Trinajstić information content (AvgIpc) is 2.46. The molecule has 0 fully saturated rings. The second-order valence-corrected chi connectivity index (χ2v) is 4.98. The molecule has 1 aromatic carbocycles. The maximum atomic E-state index is 12.3. The molecule has 1 heterocycles. The molecule has 122 valence electrons. The van der Waals surface area contributed by atoms with Gasteiger partial charge in [-0.25, -0.2) is 4.98 Å². The highest BCUT2D eigenvalue weighted by Gasteiger charge is 2.29. The van der Waals surface area contributed by atoms with Gasteiger partial charge in [0.1, 0.15) is 11.4 Å². The van der Waals surface area contributed by atoms with E-state index in [1.165, 1.54) is 30.6 Å². The standard InChI is InChI=1S/C14H11ClF3N3O2/c1-8-5-20-11(6-19-8)13(22)21-10-4-9(15)2-3-12(10)23-7-14(16,17)18/h2-6H,7H2,1H3,(H,21,22). The van der Waals surface area contributed by atoms with Crippen LogP contribution >= 0.6 is 11.6 Å². The third-order valence-corrected chi connectivity index (χ3v) is 2.83. The molecule has 0 bridgehead atoms. The van der Waals surface area contributed by atoms with Crippen molar-refractivity contribution in [1.82, 2.24) is 9.97 Å². The number of aromatic nitrogens is 2. The van der Waals surface area contributed by atoms with Crippen molar-refractivity contribution < 1.29 is 22.7 Å². The molecule has 1 aromatic heterocycles. The molecule has 2 rings (SSSR count). The summed E-state index contributed by atoms with van der Waals surface area (Å²) in [5, 5.41) is 2.64. The van der Waals surface area contributed by atoms with Crippen LogP contribution in [-0.4, -0.2) is 28.7 Å². The largest absolute Gasteiger partial charge is 0.482 e. The lowest BCUT2D eigenvalue weighted by atomic mass is 10.2. The summed E-state index contributed by atoms with van der Waals surface area (Å²) in [6, 6.07) is 3.88. The van der Waals surface area contributed by atoms with Crippen LogP contribution in [0.3, 0.4) is 0 Å². The molecule has 0 saturated carbocycles. The lowest BCUT2D eigenvalue weighted by molar-refractivity contribution is -0.153. The van der Waals surface area contributed by atoms with Gasteiger partial charge in [-0.1, -0.05) is 11.6 Å². The molecule has 0 aliphatic carbocycles. The highest BCUT2D eigenvalue weighted by molar-refractivity contribution is 6.31. The number of rotatable bonds is 4. The maximum absolute atomic E-state index is 12.3. The summed E-state index contributed by atoms with van der Waals surface area (Å²) >= 11 is 5.80. The zero-order valence-corrected chi connectivity index (χ0v) is 12.6. The number of benzene rings is 1. The van der Waals surface area contributed by atoms with Gasteiger partial charge < -0.3 is 10.1 Å². The van der Waals surface area contributed by atoms with Crippen LogP contribution in [-0.2, 0) is 0 Å². The predicted octanol–water partition coefficient (Wildman–Crippen LogP) is 3.63. The van der Waals surface area contributed by atoms with E-state index in [1.54, 1.807) is 6.92 Å². The number of hydrogen-bond acceptors (Lipinski definition) is 4. The molecule has 0 spiro atoms. The van der Waals surface area contributed by atoms with Gasteiger partial charge in [-0.3, -0.25) is 9.78 Å². The van der Waals surface area contributed by atoms with Gasteiger partial charge in [0.15, 0.2) is 6.61 Å². The molecule has 1 N–H and O–H groups in total. The lowest BCUT2D eigenvalue weighted by Gasteiger charge is -2.14. The molecule has 0 unspecified atom stereocenters. The number of carbonyl (C=O) groups excluding carboxylic acids is 1. The summed E-state index contributed by atoms with van der Waals surface area (Å²) < 4.78 is 41.5. The minimum atomic E-state index is -4.50. The first-order chi connectivity index (χ1) is 10.7. The van der Waals surface area contributed by atoms with Crippen molar-refractivity contribution in [3.8, 4) is 5.75 Å². The van der Waals surface area contributed by atoms with Crippen molar-refractivity contribution in [2.45, 2.75) is 13.1 Å². The molecule has 9 heteroatoms. The fourth-order valence-electron chi connectivity index (χ4n) is 1.58. The zero-order valence-electron chi connectivity index (χ0n) is 11.8. The van der Waals surface area contributed by atoms with E-state index in [-0.39, 0.29) is 22.2 Å². The highest BCUT2D eigenvalue weighted by Crippen LogP contribution is 2.30. The van der Waals surface area contributed by atoms with Crippen LogP contribution in [0.5, 0.6) is 5.75 Å². The van der Waals surface area contributed by atoms with Crippen molar-refractivity contribution in [3.63, 3.8) is 0 Å². The number of aryl methyl sites for hydroxylation is 1. The van der Waals surface area contributed by atoms with Crippen LogP contribution in [0.1, 0.15) is 16.2 Å². The monoisotopic (exact) mass is 345 g/mol. The van der Waals surface area contributed by atoms with Gasteiger partial charge in [0.05, 0.1) is 17.6 Å². The number of nitrogens with one attached hydrogen (secondary N) is 1. The molecule has 1 amide bonds. The van der Waals surface area contributed by atoms with E-state index in [4.69, 9.17) is 11.6 Å². The van der Waals surface area contributed by atoms with Gasteiger partial charge in [0.25, 0.3) is 5.91 Å². The summed E-state index contributed by atoms with van der Waals surface area (Å²) in [6.45, 7) is 0.219. The van der Waals surface area contributed by atoms with E-state index in [2.05, 4.69) is 20.0 Å². The van der Waals surface area contributed by atoms with Gasteiger partial charge in [-0.15, -0.1) is 0 Å². The van der Waals surface area contributed by atoms with E-state index in [9.17, 15) is 18.0 Å². The second-order valence-electron chi connectivity index (χ2n) is 4.54. The highest BCUT2D eigenvalue weighted by atomic mass is 35.5. The quantitative estimate of drug-likeness (QED) is 0.919. The second kappa shape index (κ2) is 6.82. The van der Waals surface area contributed by atoms with Gasteiger partial charge in [0, 0.05) is 11.2 Å². The Morgan fingerprint density at radius 1 is 1.30 bits per heavy atom. The Bertz CT molecular complexity index is 705. The van der Waals surface area contributed by atoms with E-state index in [0.29, 0.717) is 5.69 Å². The van der Waals surface area contributed by atoms with Crippen molar-refractivity contribution >= 4 is 23.2 Å². The molecule has 0 atom stereocenters. The molecule has 0 saturated heterocycles. The van der Waals surface area contributed by atoms with Gasteiger partial charge in [-0.2, -0.15) is 13.2 Å². The van der Waals surface area contributed by atoms with Crippen LogP contribution in [0, 0.1) is 6.92 Å². The van der Waals surface area contributed by atoms with Gasteiger partial charge in [-0.05, 0) is 25.1 Å². The number of nitrogens with zero attached hydrogens (tertiary/aromatic N) is 2. The first kappa shape index (κ1) is 17.0. The Kier molecular flexibility index (Phi) is 5.05. The zero-order chi connectivity index (χ0) is 17.0. The number of ether oxygens (including phenoxy) is 1. The predicted molar refractivity (Wildman–Crippen MR) is 77.7 cm³/mol. The summed E-state index contributed by atoms with van der Waals surface area (Å²) in [6.07, 6.45) is -1.84. The van der Waals surface area contributed by atoms with Crippen molar-refractivity contribution in [3.05, 3.63) is 47.0 Å². The van der Waals surface area contributed by atoms with Crippen molar-refractivity contribution in [2.24, 2.45) is 0 Å². The van der Waals surface area contributed by atoms with E-state index in [1.807, 2.05) is 0 Å². The minimum Gasteiger partial charge on any atom is -0.482 e. The molecular formula is C14H11ClF3N3O2. The molecule has 0 aliphatic heterocycles. The lowest BCUT2D eigenvalue weighted by Crippen LogP contribution is -2.20. The van der Waals surface area contributed by atoms with E-state index >= 15 is 0 Å². The Labute approximate surface area is 134 Å². The fourth-order valence-corrected chi connectivity index (χ4v) is 1.75. The third-order valence-electron chi connectivity index (χ3n) is 2.59. The van der Waals surface area contributed by atoms with Crippen molar-refractivity contribution in [1.29, 1.82) is 0 Å². The molecule has 2 aromatic rings. The molecule has 0 aliphatic rings. The number of anilines is 1. The van der Waals surface area contributed by atoms with Crippen LogP contribution in [0.4, 0.5) is 18.9 Å². The van der Waals surface area contributed by atoms with Crippen LogP contribution in [0.15, 0.2) is 30.6 Å². The molecule has 5 nitrogen and oxygen atoms in total. The van der Waals surface area contributed by atoms with Crippen LogP contribution in [0.25, 0.3) is 0 Å². The van der Waals surface area contributed by atoms with E-state index in [0.717, 1.165) is 0 Å². The molecule has 0 radical (unpaired) electrons. The number of hydrogen-bond donors (Lipinski definition) is 1. The average molecular weight is 346 g/mol. The third kappa shape index (κ3) is 5.10. The number of carbonyl (C=O) groups is 1. The Hall–Kier alpha value is -2.35. The summed E-state index contributed by atoms with van der Waals surface area (Å²) in [4.78, 5) is 19.9. The van der Waals surface area contributed by atoms with Crippen LogP contribution < -0.4 is 10.1 Å². The van der Waals surface area contributed by atoms with Crippen LogP contribution in [0.2, 0.25) is 5.02 Å². The van der Waals surface area contributed by atoms with Gasteiger partial charge >= 0.3 is 6.18 Å². The van der Waals surface area contributed by atoms with Gasteiger partial charge in [0.2, 0.25) is 0 Å². The molecular weight excluding hydrogens is 335 g/mol. The Morgan fingerprint density at radius 3 is 2.65 bits per heavy atom. The normalized spacial score (nSPS) is 11.2. The number of halogens is 4. The van der Waals surface area contributed by atoms with E-state index < -0.39 is 18.7 Å². The van der Waals surface area contributed by atoms with Crippen molar-refractivity contribution in [2.75, 3.05) is 11.9 Å². The minimum absolute atomic E-state index is 0.00845. The fraction of sp³-hybridized carbons (Fsp3) is 0.214. The number of alkyl halides is 3. The first-order valence-electron chi connectivity index (χ1n) is 6.34.